The molecule has 1 saturated heterocycles. The molecular weight excluding hydrogens is 314 g/mol. The fraction of sp³-hybridized carbons (Fsp3) is 0.909. The van der Waals surface area contributed by atoms with Crippen LogP contribution < -0.4 is 0 Å². The van der Waals surface area contributed by atoms with E-state index < -0.39 is 0 Å². The highest BCUT2D eigenvalue weighted by molar-refractivity contribution is 6.18. The molecule has 0 aromatic rings. The molecule has 0 amide bonds. The Bertz CT molecular complexity index is 236. The molecule has 0 aromatic heterocycles. The Morgan fingerprint density at radius 3 is 1.58 bits per heavy atom. The molecule has 0 N–H and O–H groups in total. The molecule has 0 spiro atoms. The lowest BCUT2D eigenvalue weighted by molar-refractivity contribution is 0.224. The maximum atomic E-state index is 5.07. The van der Waals surface area contributed by atoms with Crippen molar-refractivity contribution in [3.63, 3.8) is 0 Å². The fourth-order valence-electron chi connectivity index (χ4n) is 3.36. The number of hydrogen-bond acceptors (Lipinski definition) is 1. The number of likely N-dealkylation sites (tertiary alicyclic amines) is 1. The molecule has 0 aliphatic carbocycles. The number of alkyl halides is 1. The molecule has 1 rings (SSSR count). The maximum Gasteiger partial charge on any atom is 0.0401 e. The lowest BCUT2D eigenvalue weighted by Crippen LogP contribution is -2.30. The van der Waals surface area contributed by atoms with Crippen molar-refractivity contribution in [2.45, 2.75) is 103 Å². The van der Waals surface area contributed by atoms with Gasteiger partial charge in [-0.15, -0.1) is 18.2 Å². The smallest absolute Gasteiger partial charge is 0.0401 e. The van der Waals surface area contributed by atoms with Crippen molar-refractivity contribution >= 4 is 11.6 Å². The fourth-order valence-corrected chi connectivity index (χ4v) is 3.36. The van der Waals surface area contributed by atoms with E-state index in [1.807, 2.05) is 0 Å². The third-order valence-corrected chi connectivity index (χ3v) is 5.10. The summed E-state index contributed by atoms with van der Waals surface area (Å²) in [4.78, 5) is 2.68. The zero-order chi connectivity index (χ0) is 17.7. The van der Waals surface area contributed by atoms with Gasteiger partial charge in [-0.25, -0.2) is 0 Å². The molecule has 1 aliphatic heterocycles. The first-order chi connectivity index (χ1) is 11.8. The normalized spacial score (nSPS) is 14.9. The first-order valence-electron chi connectivity index (χ1n) is 10.7. The van der Waals surface area contributed by atoms with Crippen molar-refractivity contribution in [3.05, 3.63) is 12.7 Å². The molecular formula is C22H44ClN. The predicted octanol–water partition coefficient (Wildman–Crippen LogP) is 7.58. The summed E-state index contributed by atoms with van der Waals surface area (Å²) in [6, 6.07) is 0. The molecule has 0 atom stereocenters. The summed E-state index contributed by atoms with van der Waals surface area (Å²) in [6.07, 6.45) is 23.5. The number of hydrogen-bond donors (Lipinski definition) is 0. The largest absolute Gasteiger partial charge is 0.303 e. The molecule has 1 fully saturated rings. The van der Waals surface area contributed by atoms with Gasteiger partial charge in [-0.1, -0.05) is 90.0 Å². The van der Waals surface area contributed by atoms with E-state index in [4.69, 9.17) is 11.6 Å². The first kappa shape index (κ1) is 24.0. The van der Waals surface area contributed by atoms with Crippen LogP contribution in [0.3, 0.4) is 0 Å². The van der Waals surface area contributed by atoms with Gasteiger partial charge in [0.15, 0.2) is 0 Å². The minimum atomic E-state index is 0.556. The van der Waals surface area contributed by atoms with E-state index in [2.05, 4.69) is 18.4 Å². The van der Waals surface area contributed by atoms with Crippen LogP contribution in [-0.2, 0) is 0 Å². The van der Waals surface area contributed by atoms with E-state index in [-0.39, 0.29) is 0 Å². The van der Waals surface area contributed by atoms with Gasteiger partial charge in [-0.05, 0) is 38.9 Å². The molecule has 0 radical (unpaired) electrons. The summed E-state index contributed by atoms with van der Waals surface area (Å²) in [5.41, 5.74) is 0. The van der Waals surface area contributed by atoms with Gasteiger partial charge in [0.2, 0.25) is 0 Å². The van der Waals surface area contributed by atoms with Gasteiger partial charge in [0.1, 0.15) is 0 Å². The second-order valence-electron chi connectivity index (χ2n) is 7.23. The highest BCUT2D eigenvalue weighted by atomic mass is 35.5. The summed E-state index contributed by atoms with van der Waals surface area (Å²) in [5, 5.41) is 0. The quantitative estimate of drug-likeness (QED) is 0.176. The SMILES string of the molecule is C=CCCl.CCCCCCCCCCCCCCN1CCCCC1. The Morgan fingerprint density at radius 2 is 1.17 bits per heavy atom. The molecule has 1 nitrogen and oxygen atoms in total. The average molecular weight is 358 g/mol. The van der Waals surface area contributed by atoms with Gasteiger partial charge >= 0.3 is 0 Å². The van der Waals surface area contributed by atoms with E-state index in [1.54, 1.807) is 6.08 Å². The standard InChI is InChI=1S/C19H39N.C3H5Cl/c1-2-3-4-5-6-7-8-9-10-11-12-14-17-20-18-15-13-16-19-20;1-2-3-4/h2-19H2,1H3;2H,1,3H2. The maximum absolute atomic E-state index is 5.07. The first-order valence-corrected chi connectivity index (χ1v) is 11.3. The molecule has 0 aromatic carbocycles. The second kappa shape index (κ2) is 21.0. The van der Waals surface area contributed by atoms with Gasteiger partial charge in [-0.2, -0.15) is 0 Å². The predicted molar refractivity (Wildman–Crippen MR) is 112 cm³/mol. The summed E-state index contributed by atoms with van der Waals surface area (Å²) >= 11 is 5.07. The molecule has 0 saturated carbocycles. The van der Waals surface area contributed by atoms with Crippen molar-refractivity contribution in [1.82, 2.24) is 4.90 Å². The van der Waals surface area contributed by atoms with Crippen LogP contribution in [0, 0.1) is 0 Å². The van der Waals surface area contributed by atoms with Crippen molar-refractivity contribution in [2.75, 3.05) is 25.5 Å². The molecule has 0 bridgehead atoms. The Balaban J connectivity index is 0.00000118. The van der Waals surface area contributed by atoms with Crippen LogP contribution in [0.25, 0.3) is 0 Å². The Kier molecular flexibility index (Phi) is 21.0. The van der Waals surface area contributed by atoms with Gasteiger partial charge in [0.05, 0.1) is 0 Å². The zero-order valence-corrected chi connectivity index (χ0v) is 17.3. The van der Waals surface area contributed by atoms with Crippen LogP contribution in [0.4, 0.5) is 0 Å². The number of rotatable bonds is 14. The molecule has 0 unspecified atom stereocenters. The van der Waals surface area contributed by atoms with E-state index >= 15 is 0 Å². The minimum absolute atomic E-state index is 0.556. The number of piperidine rings is 1. The van der Waals surface area contributed by atoms with Crippen LogP contribution >= 0.6 is 11.6 Å². The second-order valence-corrected chi connectivity index (χ2v) is 7.54. The minimum Gasteiger partial charge on any atom is -0.303 e. The van der Waals surface area contributed by atoms with E-state index in [9.17, 15) is 0 Å². The highest BCUT2D eigenvalue weighted by Crippen LogP contribution is 2.13. The summed E-state index contributed by atoms with van der Waals surface area (Å²) in [7, 11) is 0. The number of halogens is 1. The van der Waals surface area contributed by atoms with Crippen LogP contribution in [-0.4, -0.2) is 30.4 Å². The Labute approximate surface area is 158 Å². The van der Waals surface area contributed by atoms with Gasteiger partial charge in [0.25, 0.3) is 0 Å². The van der Waals surface area contributed by atoms with Crippen LogP contribution in [0.5, 0.6) is 0 Å². The van der Waals surface area contributed by atoms with Crippen LogP contribution in [0.15, 0.2) is 12.7 Å². The Morgan fingerprint density at radius 1 is 0.750 bits per heavy atom. The lowest BCUT2D eigenvalue weighted by Gasteiger charge is -2.26. The van der Waals surface area contributed by atoms with Crippen molar-refractivity contribution < 1.29 is 0 Å². The zero-order valence-electron chi connectivity index (χ0n) is 16.5. The number of unbranched alkanes of at least 4 members (excludes halogenated alkanes) is 11. The number of allylic oxidation sites excluding steroid dienone is 1. The van der Waals surface area contributed by atoms with Gasteiger partial charge in [-0.3, -0.25) is 0 Å². The highest BCUT2D eigenvalue weighted by Gasteiger charge is 2.08. The summed E-state index contributed by atoms with van der Waals surface area (Å²) in [6.45, 7) is 9.76. The van der Waals surface area contributed by atoms with Crippen molar-refractivity contribution in [3.8, 4) is 0 Å². The molecule has 1 heterocycles. The number of nitrogens with zero attached hydrogens (tertiary/aromatic N) is 1. The van der Waals surface area contributed by atoms with Gasteiger partial charge in [0, 0.05) is 5.88 Å². The molecule has 1 aliphatic rings. The van der Waals surface area contributed by atoms with Crippen molar-refractivity contribution in [1.29, 1.82) is 0 Å². The third-order valence-electron chi connectivity index (χ3n) is 4.89. The van der Waals surface area contributed by atoms with Gasteiger partial charge < -0.3 is 4.90 Å². The van der Waals surface area contributed by atoms with Crippen LogP contribution in [0.1, 0.15) is 103 Å². The van der Waals surface area contributed by atoms with Crippen LogP contribution in [0.2, 0.25) is 0 Å². The summed E-state index contributed by atoms with van der Waals surface area (Å²) < 4.78 is 0. The van der Waals surface area contributed by atoms with E-state index in [0.717, 1.165) is 0 Å². The monoisotopic (exact) mass is 357 g/mol. The van der Waals surface area contributed by atoms with E-state index in [0.29, 0.717) is 5.88 Å². The average Bonchev–Trinajstić information content (AvgIpc) is 2.63. The Hall–Kier alpha value is -0.0100. The summed E-state index contributed by atoms with van der Waals surface area (Å²) in [5.74, 6) is 0.556. The third kappa shape index (κ3) is 18.3. The molecule has 144 valence electrons. The van der Waals surface area contributed by atoms with Crippen molar-refractivity contribution in [2.24, 2.45) is 0 Å². The molecule has 2 heteroatoms. The molecule has 24 heavy (non-hydrogen) atoms. The topological polar surface area (TPSA) is 3.24 Å². The van der Waals surface area contributed by atoms with E-state index in [1.165, 1.54) is 116 Å². The lowest BCUT2D eigenvalue weighted by atomic mass is 10.0.